The number of fused-ring (bicyclic) bond motifs is 2. The summed E-state index contributed by atoms with van der Waals surface area (Å²) in [6.07, 6.45) is 1.88. The molecule has 0 aliphatic heterocycles. The number of aromatic amines is 1. The molecule has 0 saturated heterocycles. The maximum absolute atomic E-state index is 4.84. The second-order valence-corrected chi connectivity index (χ2v) is 6.55. The number of nitrogens with one attached hydrogen (secondary N) is 1. The third-order valence-electron chi connectivity index (χ3n) is 4.46. The van der Waals surface area contributed by atoms with Crippen LogP contribution in [0.5, 0.6) is 0 Å². The Morgan fingerprint density at radius 1 is 1.04 bits per heavy atom. The molecule has 0 fully saturated rings. The quantitative estimate of drug-likeness (QED) is 0.587. The fraction of sp³-hybridized carbons (Fsp3) is 0.263. The molecule has 4 heteroatoms. The van der Waals surface area contributed by atoms with Crippen LogP contribution in [-0.4, -0.2) is 19.8 Å². The molecule has 4 aromatic rings. The van der Waals surface area contributed by atoms with Crippen LogP contribution in [0.15, 0.2) is 36.5 Å². The van der Waals surface area contributed by atoms with E-state index >= 15 is 0 Å². The third-order valence-corrected chi connectivity index (χ3v) is 4.46. The Kier molecular flexibility index (Phi) is 3.01. The summed E-state index contributed by atoms with van der Waals surface area (Å²) in [5.74, 6) is 0.418. The fourth-order valence-electron chi connectivity index (χ4n) is 3.17. The summed E-state index contributed by atoms with van der Waals surface area (Å²) in [5, 5.41) is 13.2. The Morgan fingerprint density at radius 3 is 2.65 bits per heavy atom. The highest BCUT2D eigenvalue weighted by atomic mass is 15.2. The Hall–Kier alpha value is -2.62. The van der Waals surface area contributed by atoms with Crippen LogP contribution in [0.1, 0.15) is 36.6 Å². The maximum atomic E-state index is 4.84. The second-order valence-electron chi connectivity index (χ2n) is 6.55. The number of hydrogen-bond donors (Lipinski definition) is 1. The van der Waals surface area contributed by atoms with Crippen LogP contribution in [0, 0.1) is 13.8 Å². The highest BCUT2D eigenvalue weighted by molar-refractivity contribution is 5.87. The van der Waals surface area contributed by atoms with E-state index in [1.54, 1.807) is 0 Å². The first-order valence-electron chi connectivity index (χ1n) is 7.98. The monoisotopic (exact) mass is 304 g/mol. The Bertz CT molecular complexity index is 1020. The van der Waals surface area contributed by atoms with Gasteiger partial charge in [0.2, 0.25) is 0 Å². The zero-order valence-corrected chi connectivity index (χ0v) is 13.9. The van der Waals surface area contributed by atoms with E-state index in [0.29, 0.717) is 5.92 Å². The van der Waals surface area contributed by atoms with Crippen LogP contribution in [0.25, 0.3) is 27.7 Å². The molecule has 0 aliphatic carbocycles. The van der Waals surface area contributed by atoms with Crippen molar-refractivity contribution in [2.24, 2.45) is 0 Å². The molecule has 0 amide bonds. The molecule has 4 nitrogen and oxygen atoms in total. The first-order chi connectivity index (χ1) is 11.0. The van der Waals surface area contributed by atoms with E-state index in [2.05, 4.69) is 72.7 Å². The third kappa shape index (κ3) is 2.13. The van der Waals surface area contributed by atoms with Gasteiger partial charge < -0.3 is 0 Å². The summed E-state index contributed by atoms with van der Waals surface area (Å²) < 4.78 is 2.07. The molecule has 0 radical (unpaired) electrons. The molecule has 0 spiro atoms. The zero-order valence-electron chi connectivity index (χ0n) is 13.9. The van der Waals surface area contributed by atoms with E-state index in [4.69, 9.17) is 5.10 Å². The molecule has 3 heterocycles. The number of aryl methyl sites for hydroxylation is 2. The van der Waals surface area contributed by atoms with Gasteiger partial charge in [0.25, 0.3) is 0 Å². The van der Waals surface area contributed by atoms with Crippen molar-refractivity contribution < 1.29 is 0 Å². The SMILES string of the molecule is Cc1ccc2cc(C(C)C)nn2c1-c1cc(C)c2[nH]ncc2c1. The summed E-state index contributed by atoms with van der Waals surface area (Å²) in [6, 6.07) is 10.9. The van der Waals surface area contributed by atoms with Crippen molar-refractivity contribution >= 4 is 16.4 Å². The van der Waals surface area contributed by atoms with E-state index in [9.17, 15) is 0 Å². The van der Waals surface area contributed by atoms with Gasteiger partial charge in [0, 0.05) is 10.9 Å². The molecule has 23 heavy (non-hydrogen) atoms. The van der Waals surface area contributed by atoms with Crippen molar-refractivity contribution in [3.05, 3.63) is 53.3 Å². The molecule has 1 aromatic carbocycles. The minimum absolute atomic E-state index is 0.418. The summed E-state index contributed by atoms with van der Waals surface area (Å²) in [5.41, 5.74) is 8.11. The van der Waals surface area contributed by atoms with Crippen molar-refractivity contribution in [1.82, 2.24) is 19.8 Å². The lowest BCUT2D eigenvalue weighted by molar-refractivity contribution is 0.789. The van der Waals surface area contributed by atoms with Crippen LogP contribution in [-0.2, 0) is 0 Å². The van der Waals surface area contributed by atoms with Gasteiger partial charge in [-0.25, -0.2) is 4.52 Å². The highest BCUT2D eigenvalue weighted by Crippen LogP contribution is 2.30. The van der Waals surface area contributed by atoms with Gasteiger partial charge in [-0.2, -0.15) is 10.2 Å². The minimum atomic E-state index is 0.418. The Morgan fingerprint density at radius 2 is 1.87 bits per heavy atom. The Labute approximate surface area is 135 Å². The van der Waals surface area contributed by atoms with Gasteiger partial charge in [0.05, 0.1) is 28.6 Å². The van der Waals surface area contributed by atoms with E-state index < -0.39 is 0 Å². The number of aromatic nitrogens is 4. The number of hydrogen-bond acceptors (Lipinski definition) is 2. The van der Waals surface area contributed by atoms with E-state index in [1.165, 1.54) is 16.7 Å². The lowest BCUT2D eigenvalue weighted by Crippen LogP contribution is -1.98. The molecule has 0 saturated carbocycles. The predicted molar refractivity (Wildman–Crippen MR) is 93.8 cm³/mol. The maximum Gasteiger partial charge on any atom is 0.0754 e. The molecular weight excluding hydrogens is 284 g/mol. The first-order valence-corrected chi connectivity index (χ1v) is 7.98. The van der Waals surface area contributed by atoms with Crippen LogP contribution in [0.3, 0.4) is 0 Å². The van der Waals surface area contributed by atoms with Gasteiger partial charge in [-0.05, 0) is 55.2 Å². The van der Waals surface area contributed by atoms with Gasteiger partial charge in [0.15, 0.2) is 0 Å². The molecule has 0 bridgehead atoms. The molecule has 0 unspecified atom stereocenters. The summed E-state index contributed by atoms with van der Waals surface area (Å²) in [4.78, 5) is 0. The van der Waals surface area contributed by atoms with Gasteiger partial charge in [-0.15, -0.1) is 0 Å². The van der Waals surface area contributed by atoms with Crippen LogP contribution in [0.4, 0.5) is 0 Å². The molecular formula is C19H20N4. The van der Waals surface area contributed by atoms with Gasteiger partial charge >= 0.3 is 0 Å². The van der Waals surface area contributed by atoms with E-state index in [1.807, 2.05) is 6.20 Å². The minimum Gasteiger partial charge on any atom is -0.278 e. The lowest BCUT2D eigenvalue weighted by atomic mass is 10.0. The smallest absolute Gasteiger partial charge is 0.0754 e. The van der Waals surface area contributed by atoms with Crippen LogP contribution in [0.2, 0.25) is 0 Å². The Balaban J connectivity index is 2.04. The molecule has 4 rings (SSSR count). The van der Waals surface area contributed by atoms with E-state index in [0.717, 1.165) is 27.8 Å². The number of nitrogens with zero attached hydrogens (tertiary/aromatic N) is 3. The highest BCUT2D eigenvalue weighted by Gasteiger charge is 2.14. The number of benzene rings is 1. The number of rotatable bonds is 2. The van der Waals surface area contributed by atoms with Crippen molar-refractivity contribution in [3.63, 3.8) is 0 Å². The second kappa shape index (κ2) is 4.95. The first kappa shape index (κ1) is 14.0. The van der Waals surface area contributed by atoms with Crippen molar-refractivity contribution in [1.29, 1.82) is 0 Å². The normalized spacial score (nSPS) is 11.9. The summed E-state index contributed by atoms with van der Waals surface area (Å²) in [7, 11) is 0. The van der Waals surface area contributed by atoms with Gasteiger partial charge in [-0.3, -0.25) is 5.10 Å². The molecule has 0 atom stereocenters. The van der Waals surface area contributed by atoms with Crippen molar-refractivity contribution in [2.75, 3.05) is 0 Å². The van der Waals surface area contributed by atoms with Crippen LogP contribution >= 0.6 is 0 Å². The molecule has 3 aromatic heterocycles. The fourth-order valence-corrected chi connectivity index (χ4v) is 3.17. The summed E-state index contributed by atoms with van der Waals surface area (Å²) in [6.45, 7) is 8.61. The topological polar surface area (TPSA) is 46.0 Å². The lowest BCUT2D eigenvalue weighted by Gasteiger charge is -2.10. The molecule has 116 valence electrons. The van der Waals surface area contributed by atoms with E-state index in [-0.39, 0.29) is 0 Å². The average molecular weight is 304 g/mol. The standard InChI is InChI=1S/C19H20N4/c1-11(2)17-9-16-6-5-12(3)19(23(16)22-17)14-7-13(4)18-15(8-14)10-20-21-18/h5-11H,1-4H3,(H,20,21). The van der Waals surface area contributed by atoms with Crippen molar-refractivity contribution in [3.8, 4) is 11.3 Å². The average Bonchev–Trinajstić information content (AvgIpc) is 3.13. The predicted octanol–water partition coefficient (Wildman–Crippen LogP) is 4.62. The molecule has 0 aliphatic rings. The molecule has 1 N–H and O–H groups in total. The summed E-state index contributed by atoms with van der Waals surface area (Å²) >= 11 is 0. The van der Waals surface area contributed by atoms with Gasteiger partial charge in [-0.1, -0.05) is 19.9 Å². The van der Waals surface area contributed by atoms with Crippen molar-refractivity contribution in [2.45, 2.75) is 33.6 Å². The van der Waals surface area contributed by atoms with Crippen LogP contribution < -0.4 is 0 Å². The number of H-pyrrole nitrogens is 1. The largest absolute Gasteiger partial charge is 0.278 e. The number of pyridine rings is 1. The zero-order chi connectivity index (χ0) is 16.1. The van der Waals surface area contributed by atoms with Gasteiger partial charge in [0.1, 0.15) is 0 Å².